The second-order valence-electron chi connectivity index (χ2n) is 8.46. The lowest BCUT2D eigenvalue weighted by atomic mass is 9.83. The summed E-state index contributed by atoms with van der Waals surface area (Å²) < 4.78 is 54.4. The van der Waals surface area contributed by atoms with Crippen molar-refractivity contribution in [2.45, 2.75) is 74.8 Å². The number of halogens is 3. The van der Waals surface area contributed by atoms with Crippen molar-refractivity contribution < 1.29 is 22.0 Å². The van der Waals surface area contributed by atoms with Crippen LogP contribution < -0.4 is 5.32 Å². The molecule has 3 fully saturated rings. The Hall–Kier alpha value is -1.32. The van der Waals surface area contributed by atoms with Crippen molar-refractivity contribution >= 4 is 27.5 Å². The van der Waals surface area contributed by atoms with Gasteiger partial charge in [-0.15, -0.1) is 0 Å². The Labute approximate surface area is 174 Å². The van der Waals surface area contributed by atoms with Crippen LogP contribution in [0.1, 0.15) is 50.6 Å². The highest BCUT2D eigenvalue weighted by Gasteiger charge is 2.70. The first-order chi connectivity index (χ1) is 13.6. The normalized spacial score (nSPS) is 31.7. The van der Waals surface area contributed by atoms with E-state index < -0.39 is 27.4 Å². The smallest absolute Gasteiger partial charge is 0.254 e. The van der Waals surface area contributed by atoms with Gasteiger partial charge in [0.05, 0.1) is 0 Å². The van der Waals surface area contributed by atoms with Gasteiger partial charge < -0.3 is 5.32 Å². The molecule has 29 heavy (non-hydrogen) atoms. The van der Waals surface area contributed by atoms with Gasteiger partial charge in [0.1, 0.15) is 16.1 Å². The molecule has 1 spiro atoms. The fraction of sp³-hybridized carbons (Fsp3) is 0.684. The molecule has 160 valence electrons. The average Bonchev–Trinajstić information content (AvgIpc) is 2.99. The standard InChI is InChI=1S/C19H24ClF2N3O3S/c1-12-4-5-15(16(20)23-12)29(27,28)25-10-2-3-14(25)17(26)24-13-6-8-18(9-7-13)11-19(18,21)22/h4-5,13-14H,2-3,6-11H2,1H3,(H,24,26)/t13?,14-,18?/m0/s1. The minimum Gasteiger partial charge on any atom is -0.352 e. The fourth-order valence-electron chi connectivity index (χ4n) is 4.66. The quantitative estimate of drug-likeness (QED) is 0.718. The Morgan fingerprint density at radius 1 is 1.28 bits per heavy atom. The van der Waals surface area contributed by atoms with E-state index in [-0.39, 0.29) is 35.0 Å². The number of alkyl halides is 2. The van der Waals surface area contributed by atoms with Gasteiger partial charge in [-0.05, 0) is 57.6 Å². The molecular formula is C19H24ClF2N3O3S. The van der Waals surface area contributed by atoms with Crippen LogP contribution in [0.15, 0.2) is 17.0 Å². The average molecular weight is 448 g/mol. The van der Waals surface area contributed by atoms with Gasteiger partial charge in [-0.3, -0.25) is 4.79 Å². The Kier molecular flexibility index (Phi) is 5.15. The SMILES string of the molecule is Cc1ccc(S(=O)(=O)N2CCC[C@H]2C(=O)NC2CCC3(CC2)CC3(F)F)c(Cl)n1. The fourth-order valence-corrected chi connectivity index (χ4v) is 6.80. The third-order valence-electron chi connectivity index (χ3n) is 6.55. The Morgan fingerprint density at radius 2 is 1.93 bits per heavy atom. The van der Waals surface area contributed by atoms with Crippen LogP contribution in [0.5, 0.6) is 0 Å². The molecule has 4 rings (SSSR count). The third kappa shape index (κ3) is 3.65. The number of hydrogen-bond donors (Lipinski definition) is 1. The maximum Gasteiger partial charge on any atom is 0.254 e. The monoisotopic (exact) mass is 447 g/mol. The number of sulfonamides is 1. The zero-order chi connectivity index (χ0) is 21.0. The van der Waals surface area contributed by atoms with Crippen LogP contribution in [0.2, 0.25) is 5.15 Å². The highest BCUT2D eigenvalue weighted by atomic mass is 35.5. The molecule has 2 heterocycles. The lowest BCUT2D eigenvalue weighted by Crippen LogP contribution is -2.49. The number of carbonyl (C=O) groups excluding carboxylic acids is 1. The Balaban J connectivity index is 1.43. The summed E-state index contributed by atoms with van der Waals surface area (Å²) in [6.45, 7) is 1.94. The van der Waals surface area contributed by atoms with Crippen LogP contribution in [0.3, 0.4) is 0 Å². The molecule has 1 atom stereocenters. The molecule has 10 heteroatoms. The molecule has 0 unspecified atom stereocenters. The maximum absolute atomic E-state index is 13.5. The minimum absolute atomic E-state index is 0.0549. The van der Waals surface area contributed by atoms with Crippen LogP contribution in [0, 0.1) is 12.3 Å². The van der Waals surface area contributed by atoms with E-state index in [2.05, 4.69) is 10.3 Å². The summed E-state index contributed by atoms with van der Waals surface area (Å²) in [6.07, 6.45) is 2.69. The number of hydrogen-bond acceptors (Lipinski definition) is 4. The number of nitrogens with zero attached hydrogens (tertiary/aromatic N) is 2. The number of rotatable bonds is 4. The predicted molar refractivity (Wildman–Crippen MR) is 103 cm³/mol. The summed E-state index contributed by atoms with van der Waals surface area (Å²) in [5.74, 6) is -2.94. The topological polar surface area (TPSA) is 79.4 Å². The van der Waals surface area contributed by atoms with E-state index in [1.807, 2.05) is 0 Å². The summed E-state index contributed by atoms with van der Waals surface area (Å²) >= 11 is 6.05. The molecule has 1 saturated heterocycles. The van der Waals surface area contributed by atoms with Crippen LogP contribution in [-0.2, 0) is 14.8 Å². The molecule has 1 N–H and O–H groups in total. The lowest BCUT2D eigenvalue weighted by Gasteiger charge is -2.31. The van der Waals surface area contributed by atoms with E-state index in [0.29, 0.717) is 44.2 Å². The summed E-state index contributed by atoms with van der Waals surface area (Å²) in [5, 5.41) is 2.78. The minimum atomic E-state index is -3.97. The molecule has 1 amide bonds. The molecule has 1 aromatic rings. The van der Waals surface area contributed by atoms with Gasteiger partial charge >= 0.3 is 0 Å². The van der Waals surface area contributed by atoms with Gasteiger partial charge in [0.25, 0.3) is 5.92 Å². The van der Waals surface area contributed by atoms with Crippen molar-refractivity contribution in [2.24, 2.45) is 5.41 Å². The molecule has 0 aromatic carbocycles. The van der Waals surface area contributed by atoms with Crippen LogP contribution in [-0.4, -0.2) is 48.2 Å². The predicted octanol–water partition coefficient (Wildman–Crippen LogP) is 3.28. The van der Waals surface area contributed by atoms with Gasteiger partial charge in [-0.1, -0.05) is 11.6 Å². The summed E-state index contributed by atoms with van der Waals surface area (Å²) in [4.78, 5) is 16.7. The van der Waals surface area contributed by atoms with Crippen molar-refractivity contribution in [3.8, 4) is 0 Å². The number of aromatic nitrogens is 1. The maximum atomic E-state index is 13.5. The van der Waals surface area contributed by atoms with Crippen LogP contribution in [0.25, 0.3) is 0 Å². The van der Waals surface area contributed by atoms with Crippen LogP contribution >= 0.6 is 11.6 Å². The van der Waals surface area contributed by atoms with E-state index in [9.17, 15) is 22.0 Å². The second kappa shape index (κ2) is 7.13. The number of pyridine rings is 1. The number of aryl methyl sites for hydroxylation is 1. The molecular weight excluding hydrogens is 424 g/mol. The Morgan fingerprint density at radius 3 is 2.52 bits per heavy atom. The number of carbonyl (C=O) groups is 1. The largest absolute Gasteiger partial charge is 0.352 e. The number of nitrogens with one attached hydrogen (secondary N) is 1. The van der Waals surface area contributed by atoms with Crippen molar-refractivity contribution in [1.29, 1.82) is 0 Å². The molecule has 1 aliphatic heterocycles. The summed E-state index contributed by atoms with van der Waals surface area (Å²) in [7, 11) is -3.97. The molecule has 3 aliphatic rings. The third-order valence-corrected chi connectivity index (χ3v) is 8.89. The van der Waals surface area contributed by atoms with Gasteiger partial charge in [0.15, 0.2) is 0 Å². The molecule has 6 nitrogen and oxygen atoms in total. The zero-order valence-electron chi connectivity index (χ0n) is 16.1. The van der Waals surface area contributed by atoms with E-state index in [4.69, 9.17) is 11.6 Å². The number of amides is 1. The van der Waals surface area contributed by atoms with Gasteiger partial charge in [-0.2, -0.15) is 4.31 Å². The van der Waals surface area contributed by atoms with Gasteiger partial charge in [0.2, 0.25) is 15.9 Å². The summed E-state index contributed by atoms with van der Waals surface area (Å²) in [5.41, 5.74) is -0.271. The highest BCUT2D eigenvalue weighted by Crippen LogP contribution is 2.67. The van der Waals surface area contributed by atoms with Crippen molar-refractivity contribution in [2.75, 3.05) is 6.54 Å². The zero-order valence-corrected chi connectivity index (χ0v) is 17.7. The van der Waals surface area contributed by atoms with E-state index in [0.717, 1.165) is 0 Å². The first-order valence-corrected chi connectivity index (χ1v) is 11.7. The molecule has 2 saturated carbocycles. The van der Waals surface area contributed by atoms with E-state index in [1.165, 1.54) is 10.4 Å². The lowest BCUT2D eigenvalue weighted by molar-refractivity contribution is -0.125. The van der Waals surface area contributed by atoms with Gasteiger partial charge in [0, 0.05) is 30.1 Å². The molecule has 0 bridgehead atoms. The molecule has 0 radical (unpaired) electrons. The van der Waals surface area contributed by atoms with Crippen molar-refractivity contribution in [3.63, 3.8) is 0 Å². The van der Waals surface area contributed by atoms with Crippen molar-refractivity contribution in [1.82, 2.24) is 14.6 Å². The van der Waals surface area contributed by atoms with Crippen LogP contribution in [0.4, 0.5) is 8.78 Å². The molecule has 1 aromatic heterocycles. The van der Waals surface area contributed by atoms with E-state index >= 15 is 0 Å². The first kappa shape index (κ1) is 20.9. The van der Waals surface area contributed by atoms with E-state index in [1.54, 1.807) is 13.0 Å². The van der Waals surface area contributed by atoms with Gasteiger partial charge in [-0.25, -0.2) is 22.2 Å². The molecule has 2 aliphatic carbocycles. The second-order valence-corrected chi connectivity index (χ2v) is 10.7. The summed E-state index contributed by atoms with van der Waals surface area (Å²) in [6, 6.07) is 1.95. The van der Waals surface area contributed by atoms with Crippen molar-refractivity contribution in [3.05, 3.63) is 23.0 Å². The Bertz CT molecular complexity index is 933. The first-order valence-electron chi connectivity index (χ1n) is 9.89. The highest BCUT2D eigenvalue weighted by molar-refractivity contribution is 7.89.